The molecule has 0 atom stereocenters. The molecule has 1 aliphatic rings. The van der Waals surface area contributed by atoms with Crippen LogP contribution in [0, 0.1) is 11.8 Å². The summed E-state index contributed by atoms with van der Waals surface area (Å²) in [7, 11) is 0. The Balaban J connectivity index is 1.29. The number of aromatic nitrogens is 2. The Bertz CT molecular complexity index is 1280. The van der Waals surface area contributed by atoms with Crippen LogP contribution in [0.4, 0.5) is 0 Å². The molecule has 0 aliphatic carbocycles. The first-order chi connectivity index (χ1) is 14.7. The van der Waals surface area contributed by atoms with E-state index in [2.05, 4.69) is 33.9 Å². The Kier molecular flexibility index (Phi) is 5.33. The molecular weight excluding hydrogens is 410 g/mol. The standard InChI is InChI=1S/C24H19N3OS2/c28-24-20-16-27(13-12-21(20)25-23(26-24)22-7-4-14-29-22)15-19-11-10-18(30-19)9-8-17-5-2-1-3-6-17/h1-7,10-11,14H,12-13,15-16H2,(H,25,26,28). The normalized spacial score (nSPS) is 13.5. The zero-order valence-corrected chi connectivity index (χ0v) is 17.9. The lowest BCUT2D eigenvalue weighted by Crippen LogP contribution is -2.35. The Labute approximate surface area is 182 Å². The van der Waals surface area contributed by atoms with E-state index in [0.717, 1.165) is 46.1 Å². The van der Waals surface area contributed by atoms with Crippen molar-refractivity contribution in [3.63, 3.8) is 0 Å². The Morgan fingerprint density at radius 1 is 1.07 bits per heavy atom. The molecule has 4 nitrogen and oxygen atoms in total. The summed E-state index contributed by atoms with van der Waals surface area (Å²) in [4.78, 5) is 26.0. The third-order valence-corrected chi connectivity index (χ3v) is 6.91. The van der Waals surface area contributed by atoms with Crippen molar-refractivity contribution in [1.82, 2.24) is 14.9 Å². The molecule has 5 rings (SSSR count). The summed E-state index contributed by atoms with van der Waals surface area (Å²) in [5.41, 5.74) is 2.73. The van der Waals surface area contributed by atoms with E-state index in [1.807, 2.05) is 47.8 Å². The summed E-state index contributed by atoms with van der Waals surface area (Å²) in [6, 6.07) is 18.2. The summed E-state index contributed by atoms with van der Waals surface area (Å²) in [5, 5.41) is 2.00. The van der Waals surface area contributed by atoms with Crippen LogP contribution >= 0.6 is 22.7 Å². The number of fused-ring (bicyclic) bond motifs is 1. The van der Waals surface area contributed by atoms with Gasteiger partial charge in [0.2, 0.25) is 0 Å². The quantitative estimate of drug-likeness (QED) is 0.487. The minimum Gasteiger partial charge on any atom is -0.306 e. The summed E-state index contributed by atoms with van der Waals surface area (Å²) in [6.45, 7) is 2.35. The predicted octanol–water partition coefficient (Wildman–Crippen LogP) is 4.52. The molecule has 0 spiro atoms. The van der Waals surface area contributed by atoms with E-state index in [1.54, 1.807) is 22.7 Å². The Hall–Kier alpha value is -2.98. The summed E-state index contributed by atoms with van der Waals surface area (Å²) >= 11 is 3.31. The second-order valence-corrected chi connectivity index (χ2v) is 9.28. The molecule has 4 aromatic rings. The first-order valence-electron chi connectivity index (χ1n) is 9.79. The first-order valence-corrected chi connectivity index (χ1v) is 11.5. The van der Waals surface area contributed by atoms with Crippen molar-refractivity contribution in [2.45, 2.75) is 19.5 Å². The van der Waals surface area contributed by atoms with Gasteiger partial charge in [-0.25, -0.2) is 4.98 Å². The molecule has 0 saturated heterocycles. The lowest BCUT2D eigenvalue weighted by atomic mass is 10.1. The smallest absolute Gasteiger partial charge is 0.255 e. The van der Waals surface area contributed by atoms with Crippen molar-refractivity contribution in [2.75, 3.05) is 6.54 Å². The molecule has 4 heterocycles. The highest BCUT2D eigenvalue weighted by Crippen LogP contribution is 2.24. The number of hydrogen-bond acceptors (Lipinski definition) is 5. The number of thiophene rings is 2. The highest BCUT2D eigenvalue weighted by Gasteiger charge is 2.22. The van der Waals surface area contributed by atoms with Gasteiger partial charge in [-0.15, -0.1) is 22.7 Å². The van der Waals surface area contributed by atoms with Crippen molar-refractivity contribution in [3.8, 4) is 22.5 Å². The van der Waals surface area contributed by atoms with Gasteiger partial charge in [0.15, 0.2) is 5.82 Å². The average Bonchev–Trinajstić information content (AvgIpc) is 3.46. The second-order valence-electron chi connectivity index (χ2n) is 7.16. The predicted molar refractivity (Wildman–Crippen MR) is 123 cm³/mol. The van der Waals surface area contributed by atoms with Gasteiger partial charge in [0.1, 0.15) is 0 Å². The van der Waals surface area contributed by atoms with Crippen molar-refractivity contribution < 1.29 is 0 Å². The minimum atomic E-state index is -0.0197. The number of aromatic amines is 1. The number of nitrogens with one attached hydrogen (secondary N) is 1. The molecule has 0 radical (unpaired) electrons. The largest absolute Gasteiger partial charge is 0.306 e. The molecule has 0 amide bonds. The fourth-order valence-corrected chi connectivity index (χ4v) is 5.12. The maximum Gasteiger partial charge on any atom is 0.255 e. The van der Waals surface area contributed by atoms with Crippen molar-refractivity contribution in [3.05, 3.63) is 96.9 Å². The average molecular weight is 430 g/mol. The van der Waals surface area contributed by atoms with E-state index in [1.165, 1.54) is 4.88 Å². The number of benzene rings is 1. The molecule has 30 heavy (non-hydrogen) atoms. The highest BCUT2D eigenvalue weighted by molar-refractivity contribution is 7.13. The van der Waals surface area contributed by atoms with Crippen molar-refractivity contribution in [1.29, 1.82) is 0 Å². The fraction of sp³-hybridized carbons (Fsp3) is 0.167. The van der Waals surface area contributed by atoms with Crippen molar-refractivity contribution in [2.24, 2.45) is 0 Å². The molecule has 6 heteroatoms. The zero-order chi connectivity index (χ0) is 20.3. The van der Waals surface area contributed by atoms with E-state index in [0.29, 0.717) is 12.4 Å². The van der Waals surface area contributed by atoms with Gasteiger partial charge in [0.25, 0.3) is 5.56 Å². The van der Waals surface area contributed by atoms with Crippen LogP contribution in [-0.2, 0) is 19.5 Å². The molecule has 1 N–H and O–H groups in total. The molecule has 0 bridgehead atoms. The molecular formula is C24H19N3OS2. The Morgan fingerprint density at radius 3 is 2.80 bits per heavy atom. The van der Waals surface area contributed by atoms with Gasteiger partial charge in [0.05, 0.1) is 21.0 Å². The van der Waals surface area contributed by atoms with Gasteiger partial charge >= 0.3 is 0 Å². The highest BCUT2D eigenvalue weighted by atomic mass is 32.1. The van der Waals surface area contributed by atoms with Crippen LogP contribution in [0.2, 0.25) is 0 Å². The van der Waals surface area contributed by atoms with Gasteiger partial charge in [-0.05, 0) is 35.7 Å². The lowest BCUT2D eigenvalue weighted by molar-refractivity contribution is 0.244. The zero-order valence-electron chi connectivity index (χ0n) is 16.2. The van der Waals surface area contributed by atoms with Crippen LogP contribution in [0.3, 0.4) is 0 Å². The number of rotatable bonds is 3. The van der Waals surface area contributed by atoms with E-state index in [9.17, 15) is 4.79 Å². The van der Waals surface area contributed by atoms with Crippen LogP contribution < -0.4 is 5.56 Å². The fourth-order valence-electron chi connectivity index (χ4n) is 3.55. The maximum atomic E-state index is 12.7. The van der Waals surface area contributed by atoms with Gasteiger partial charge in [0, 0.05) is 36.5 Å². The third kappa shape index (κ3) is 4.14. The van der Waals surface area contributed by atoms with Crippen molar-refractivity contribution >= 4 is 22.7 Å². The summed E-state index contributed by atoms with van der Waals surface area (Å²) in [6.07, 6.45) is 0.795. The number of hydrogen-bond donors (Lipinski definition) is 1. The molecule has 148 valence electrons. The van der Waals surface area contributed by atoms with Crippen LogP contribution in [0.1, 0.15) is 26.6 Å². The van der Waals surface area contributed by atoms with E-state index in [4.69, 9.17) is 4.98 Å². The second kappa shape index (κ2) is 8.41. The third-order valence-electron chi connectivity index (χ3n) is 5.05. The Morgan fingerprint density at radius 2 is 1.97 bits per heavy atom. The van der Waals surface area contributed by atoms with Gasteiger partial charge in [-0.1, -0.05) is 36.1 Å². The van der Waals surface area contributed by atoms with E-state index < -0.39 is 0 Å². The summed E-state index contributed by atoms with van der Waals surface area (Å²) < 4.78 is 0. The first kappa shape index (κ1) is 19.0. The van der Waals surface area contributed by atoms with Gasteiger partial charge in [-0.3, -0.25) is 9.69 Å². The van der Waals surface area contributed by atoms with Gasteiger partial charge in [-0.2, -0.15) is 0 Å². The van der Waals surface area contributed by atoms with Crippen LogP contribution in [-0.4, -0.2) is 21.4 Å². The topological polar surface area (TPSA) is 49.0 Å². The van der Waals surface area contributed by atoms with Gasteiger partial charge < -0.3 is 4.98 Å². The molecule has 0 unspecified atom stereocenters. The van der Waals surface area contributed by atoms with Crippen LogP contribution in [0.25, 0.3) is 10.7 Å². The maximum absolute atomic E-state index is 12.7. The van der Waals surface area contributed by atoms with E-state index in [-0.39, 0.29) is 5.56 Å². The SMILES string of the molecule is O=c1[nH]c(-c2cccs2)nc2c1CN(Cc1ccc(C#Cc3ccccc3)s1)CC2. The molecule has 0 saturated carbocycles. The number of H-pyrrole nitrogens is 1. The lowest BCUT2D eigenvalue weighted by Gasteiger charge is -2.27. The summed E-state index contributed by atoms with van der Waals surface area (Å²) in [5.74, 6) is 7.14. The number of nitrogens with zero attached hydrogens (tertiary/aromatic N) is 2. The molecule has 1 aliphatic heterocycles. The van der Waals surface area contributed by atoms with Crippen LogP contribution in [0.5, 0.6) is 0 Å². The molecule has 1 aromatic carbocycles. The molecule has 3 aromatic heterocycles. The minimum absolute atomic E-state index is 0.0197. The van der Waals surface area contributed by atoms with E-state index >= 15 is 0 Å². The van der Waals surface area contributed by atoms with Crippen LogP contribution in [0.15, 0.2) is 64.8 Å². The monoisotopic (exact) mass is 429 g/mol. The molecule has 0 fully saturated rings.